The average Bonchev–Trinajstić information content (AvgIpc) is 2.75. The Morgan fingerprint density at radius 1 is 1.25 bits per heavy atom. The first-order chi connectivity index (χ1) is 9.65. The molecule has 0 aliphatic carbocycles. The Bertz CT molecular complexity index is 736. The van der Waals surface area contributed by atoms with Crippen molar-refractivity contribution in [3.63, 3.8) is 0 Å². The van der Waals surface area contributed by atoms with Gasteiger partial charge in [-0.25, -0.2) is 4.79 Å². The fraction of sp³-hybridized carbons (Fsp3) is 0. The number of nitrogens with zero attached hydrogens (tertiary/aromatic N) is 1. The Balaban J connectivity index is 2.11. The van der Waals surface area contributed by atoms with E-state index >= 15 is 0 Å². The number of fused-ring (bicyclic) bond motifs is 1. The van der Waals surface area contributed by atoms with Crippen molar-refractivity contribution in [3.8, 4) is 0 Å². The van der Waals surface area contributed by atoms with Crippen LogP contribution in [0.25, 0.3) is 11.6 Å². The Morgan fingerprint density at radius 2 is 2.10 bits per heavy atom. The molecule has 98 valence electrons. The van der Waals surface area contributed by atoms with Gasteiger partial charge in [-0.3, -0.25) is 9.78 Å². The smallest absolute Gasteiger partial charge is 0.335 e. The lowest BCUT2D eigenvalue weighted by Crippen LogP contribution is -2.03. The molecule has 0 radical (unpaired) electrons. The zero-order chi connectivity index (χ0) is 14.1. The topological polar surface area (TPSA) is 79.3 Å². The molecule has 1 aromatic heterocycles. The minimum atomic E-state index is -1.02. The first-order valence-electron chi connectivity index (χ1n) is 5.97. The van der Waals surface area contributed by atoms with E-state index in [4.69, 9.17) is 5.11 Å². The van der Waals surface area contributed by atoms with Gasteiger partial charge in [0, 0.05) is 17.4 Å². The maximum Gasteiger partial charge on any atom is 0.335 e. The van der Waals surface area contributed by atoms with Gasteiger partial charge in [-0.05, 0) is 36.4 Å². The van der Waals surface area contributed by atoms with E-state index in [9.17, 15) is 9.59 Å². The molecular formula is C15H10N2O3. The minimum Gasteiger partial charge on any atom is -0.478 e. The zero-order valence-electron chi connectivity index (χ0n) is 10.3. The summed E-state index contributed by atoms with van der Waals surface area (Å²) in [6.07, 6.45) is 3.28. The highest BCUT2D eigenvalue weighted by Crippen LogP contribution is 2.33. The first kappa shape index (κ1) is 12.1. The number of hydrogen-bond donors (Lipinski definition) is 2. The van der Waals surface area contributed by atoms with Crippen LogP contribution in [0.1, 0.15) is 21.6 Å². The maximum atomic E-state index is 12.0. The highest BCUT2D eigenvalue weighted by molar-refractivity contribution is 6.35. The van der Waals surface area contributed by atoms with Gasteiger partial charge in [0.15, 0.2) is 0 Å². The number of carboxylic acids is 1. The van der Waals surface area contributed by atoms with Crippen LogP contribution in [0.3, 0.4) is 0 Å². The number of aromatic carboxylic acids is 1. The Morgan fingerprint density at radius 3 is 2.80 bits per heavy atom. The van der Waals surface area contributed by atoms with E-state index in [0.29, 0.717) is 22.5 Å². The number of aromatic nitrogens is 1. The van der Waals surface area contributed by atoms with Crippen LogP contribution in [0, 0.1) is 0 Å². The zero-order valence-corrected chi connectivity index (χ0v) is 10.3. The lowest BCUT2D eigenvalue weighted by atomic mass is 10.0. The third kappa shape index (κ3) is 2.05. The molecule has 1 aliphatic rings. The van der Waals surface area contributed by atoms with Crippen molar-refractivity contribution in [2.45, 2.75) is 0 Å². The van der Waals surface area contributed by atoms with Gasteiger partial charge in [-0.1, -0.05) is 6.07 Å². The summed E-state index contributed by atoms with van der Waals surface area (Å²) in [5.74, 6) is -1.28. The fourth-order valence-corrected chi connectivity index (χ4v) is 2.07. The van der Waals surface area contributed by atoms with Crippen molar-refractivity contribution in [2.75, 3.05) is 5.32 Å². The number of amides is 1. The van der Waals surface area contributed by atoms with Crippen molar-refractivity contribution >= 4 is 29.2 Å². The van der Waals surface area contributed by atoms with E-state index in [1.165, 1.54) is 12.1 Å². The van der Waals surface area contributed by atoms with E-state index in [2.05, 4.69) is 10.3 Å². The summed E-state index contributed by atoms with van der Waals surface area (Å²) in [7, 11) is 0. The lowest BCUT2D eigenvalue weighted by Gasteiger charge is -2.00. The summed E-state index contributed by atoms with van der Waals surface area (Å²) >= 11 is 0. The van der Waals surface area contributed by atoms with Crippen LogP contribution in [0.5, 0.6) is 0 Å². The van der Waals surface area contributed by atoms with Crippen molar-refractivity contribution < 1.29 is 14.7 Å². The normalized spacial score (nSPS) is 15.0. The van der Waals surface area contributed by atoms with Crippen molar-refractivity contribution in [1.82, 2.24) is 4.98 Å². The Labute approximate surface area is 114 Å². The summed E-state index contributed by atoms with van der Waals surface area (Å²) in [5.41, 5.74) is 2.41. The molecule has 2 N–H and O–H groups in total. The van der Waals surface area contributed by atoms with Crippen LogP contribution in [0.2, 0.25) is 0 Å². The molecule has 0 bridgehead atoms. The Hall–Kier alpha value is -2.95. The number of hydrogen-bond acceptors (Lipinski definition) is 3. The molecule has 1 aromatic carbocycles. The molecule has 5 heteroatoms. The molecule has 0 unspecified atom stereocenters. The standard InChI is InChI=1S/C15H10N2O3/c18-14-12(8-10-3-1-2-6-16-10)11-7-9(15(19)20)4-5-13(11)17-14/h1-8H,(H,17,18)(H,19,20)/b12-8+. The summed E-state index contributed by atoms with van der Waals surface area (Å²) in [6.45, 7) is 0. The van der Waals surface area contributed by atoms with Gasteiger partial charge in [-0.2, -0.15) is 0 Å². The van der Waals surface area contributed by atoms with Crippen LogP contribution in [0.4, 0.5) is 5.69 Å². The molecule has 1 amide bonds. The van der Waals surface area contributed by atoms with Gasteiger partial charge < -0.3 is 10.4 Å². The van der Waals surface area contributed by atoms with Crippen LogP contribution in [-0.2, 0) is 4.79 Å². The van der Waals surface area contributed by atoms with Gasteiger partial charge in [-0.15, -0.1) is 0 Å². The fourth-order valence-electron chi connectivity index (χ4n) is 2.07. The maximum absolute atomic E-state index is 12.0. The molecule has 0 fully saturated rings. The molecule has 0 spiro atoms. The number of benzene rings is 1. The second-order valence-electron chi connectivity index (χ2n) is 4.33. The molecule has 1 aliphatic heterocycles. The summed E-state index contributed by atoms with van der Waals surface area (Å²) in [5, 5.41) is 11.7. The highest BCUT2D eigenvalue weighted by atomic mass is 16.4. The highest BCUT2D eigenvalue weighted by Gasteiger charge is 2.25. The van der Waals surface area contributed by atoms with Crippen LogP contribution in [-0.4, -0.2) is 22.0 Å². The second kappa shape index (κ2) is 4.62. The predicted molar refractivity (Wildman–Crippen MR) is 74.1 cm³/mol. The van der Waals surface area contributed by atoms with Crippen molar-refractivity contribution in [3.05, 3.63) is 59.4 Å². The van der Waals surface area contributed by atoms with Gasteiger partial charge in [0.05, 0.1) is 16.8 Å². The molecule has 0 saturated carbocycles. The molecule has 0 atom stereocenters. The molecule has 3 rings (SSSR count). The van der Waals surface area contributed by atoms with Crippen LogP contribution >= 0.6 is 0 Å². The number of anilines is 1. The van der Waals surface area contributed by atoms with E-state index in [-0.39, 0.29) is 11.5 Å². The molecular weight excluding hydrogens is 256 g/mol. The number of carbonyl (C=O) groups is 2. The van der Waals surface area contributed by atoms with Crippen LogP contribution in [0.15, 0.2) is 42.6 Å². The number of carbonyl (C=O) groups excluding carboxylic acids is 1. The number of rotatable bonds is 2. The number of nitrogens with one attached hydrogen (secondary N) is 1. The SMILES string of the molecule is O=C1Nc2ccc(C(=O)O)cc2/C1=C\c1ccccn1. The van der Waals surface area contributed by atoms with Gasteiger partial charge >= 0.3 is 5.97 Å². The summed E-state index contributed by atoms with van der Waals surface area (Å²) < 4.78 is 0. The summed E-state index contributed by atoms with van der Waals surface area (Å²) in [4.78, 5) is 27.1. The molecule has 0 saturated heterocycles. The quantitative estimate of drug-likeness (QED) is 0.817. The number of pyridine rings is 1. The molecule has 5 nitrogen and oxygen atoms in total. The largest absolute Gasteiger partial charge is 0.478 e. The van der Waals surface area contributed by atoms with E-state index in [1.54, 1.807) is 30.5 Å². The van der Waals surface area contributed by atoms with Gasteiger partial charge in [0.2, 0.25) is 0 Å². The molecule has 20 heavy (non-hydrogen) atoms. The number of carboxylic acid groups (broad SMARTS) is 1. The monoisotopic (exact) mass is 266 g/mol. The van der Waals surface area contributed by atoms with E-state index in [1.807, 2.05) is 6.07 Å². The van der Waals surface area contributed by atoms with Gasteiger partial charge in [0.1, 0.15) is 0 Å². The predicted octanol–water partition coefficient (Wildman–Crippen LogP) is 2.27. The van der Waals surface area contributed by atoms with Crippen molar-refractivity contribution in [2.24, 2.45) is 0 Å². The van der Waals surface area contributed by atoms with Crippen LogP contribution < -0.4 is 5.32 Å². The third-order valence-corrected chi connectivity index (χ3v) is 3.03. The van der Waals surface area contributed by atoms with Gasteiger partial charge in [0.25, 0.3) is 5.91 Å². The third-order valence-electron chi connectivity index (χ3n) is 3.03. The second-order valence-corrected chi connectivity index (χ2v) is 4.33. The Kier molecular flexibility index (Phi) is 2.80. The average molecular weight is 266 g/mol. The first-order valence-corrected chi connectivity index (χ1v) is 5.97. The minimum absolute atomic E-state index is 0.146. The van der Waals surface area contributed by atoms with Crippen molar-refractivity contribution in [1.29, 1.82) is 0 Å². The lowest BCUT2D eigenvalue weighted by molar-refractivity contribution is -0.110. The van der Waals surface area contributed by atoms with E-state index in [0.717, 1.165) is 0 Å². The summed E-state index contributed by atoms with van der Waals surface area (Å²) in [6, 6.07) is 9.93. The molecule has 2 heterocycles. The van der Waals surface area contributed by atoms with E-state index < -0.39 is 5.97 Å². The molecule has 2 aromatic rings.